The predicted molar refractivity (Wildman–Crippen MR) is 74.3 cm³/mol. The number of hydrogen-bond acceptors (Lipinski definition) is 7. The highest BCUT2D eigenvalue weighted by Gasteiger charge is 2.26. The van der Waals surface area contributed by atoms with E-state index in [1.54, 1.807) is 13.0 Å². The number of methoxy groups -OCH3 is 1. The first-order valence-electron chi connectivity index (χ1n) is 6.66. The number of aromatic nitrogens is 2. The molecule has 1 aliphatic rings. The molecule has 114 valence electrons. The Balaban J connectivity index is 2.02. The molecule has 8 nitrogen and oxygen atoms in total. The number of ether oxygens (including phenoxy) is 1. The first kappa shape index (κ1) is 15.2. The fourth-order valence-corrected chi connectivity index (χ4v) is 2.21. The van der Waals surface area contributed by atoms with E-state index in [1.165, 1.54) is 13.3 Å². The van der Waals surface area contributed by atoms with Gasteiger partial charge < -0.3 is 14.7 Å². The molecule has 0 aliphatic carbocycles. The molecule has 2 rings (SSSR count). The Bertz CT molecular complexity index is 529. The highest BCUT2D eigenvalue weighted by Crippen LogP contribution is 2.14. The van der Waals surface area contributed by atoms with Gasteiger partial charge in [0.1, 0.15) is 11.9 Å². The van der Waals surface area contributed by atoms with E-state index in [2.05, 4.69) is 14.7 Å². The Kier molecular flexibility index (Phi) is 4.69. The van der Waals surface area contributed by atoms with Gasteiger partial charge in [-0.1, -0.05) is 0 Å². The first-order valence-corrected chi connectivity index (χ1v) is 6.66. The van der Waals surface area contributed by atoms with E-state index >= 15 is 0 Å². The second-order valence-electron chi connectivity index (χ2n) is 4.77. The van der Waals surface area contributed by atoms with Gasteiger partial charge in [-0.3, -0.25) is 9.69 Å². The van der Waals surface area contributed by atoms with E-state index in [-0.39, 0.29) is 5.82 Å². The van der Waals surface area contributed by atoms with Gasteiger partial charge in [0.2, 0.25) is 5.82 Å². The van der Waals surface area contributed by atoms with Gasteiger partial charge in [0.25, 0.3) is 0 Å². The van der Waals surface area contributed by atoms with Gasteiger partial charge >= 0.3 is 11.9 Å². The molecule has 1 aliphatic heterocycles. The van der Waals surface area contributed by atoms with Gasteiger partial charge in [0.15, 0.2) is 0 Å². The highest BCUT2D eigenvalue weighted by atomic mass is 16.5. The minimum atomic E-state index is -0.821. The molecule has 8 heteroatoms. The number of carbonyl (C=O) groups is 2. The van der Waals surface area contributed by atoms with Gasteiger partial charge in [-0.05, 0) is 13.0 Å². The van der Waals surface area contributed by atoms with E-state index in [0.717, 1.165) is 0 Å². The molecule has 1 saturated heterocycles. The van der Waals surface area contributed by atoms with Crippen molar-refractivity contribution in [1.82, 2.24) is 14.9 Å². The number of carbonyl (C=O) groups excluding carboxylic acids is 1. The summed E-state index contributed by atoms with van der Waals surface area (Å²) in [6, 6.07) is 1.23. The van der Waals surface area contributed by atoms with Crippen molar-refractivity contribution in [3.05, 3.63) is 18.1 Å². The molecule has 2 heterocycles. The molecular formula is C13H18N4O4. The van der Waals surface area contributed by atoms with E-state index < -0.39 is 18.0 Å². The van der Waals surface area contributed by atoms with Crippen molar-refractivity contribution in [2.24, 2.45) is 0 Å². The second kappa shape index (κ2) is 6.49. The largest absolute Gasteiger partial charge is 0.480 e. The zero-order valence-electron chi connectivity index (χ0n) is 12.0. The molecule has 0 radical (unpaired) electrons. The molecule has 0 spiro atoms. The molecule has 1 fully saturated rings. The number of rotatable bonds is 4. The second-order valence-corrected chi connectivity index (χ2v) is 4.77. The molecule has 1 aromatic rings. The van der Waals surface area contributed by atoms with Gasteiger partial charge in [-0.2, -0.15) is 0 Å². The number of nitrogens with zero attached hydrogens (tertiary/aromatic N) is 4. The lowest BCUT2D eigenvalue weighted by molar-refractivity contribution is -0.142. The van der Waals surface area contributed by atoms with E-state index in [9.17, 15) is 9.59 Å². The summed E-state index contributed by atoms with van der Waals surface area (Å²) >= 11 is 0. The maximum atomic E-state index is 11.4. The van der Waals surface area contributed by atoms with Crippen LogP contribution < -0.4 is 4.90 Å². The smallest absolute Gasteiger partial charge is 0.376 e. The number of aliphatic carboxylic acids is 1. The van der Waals surface area contributed by atoms with E-state index in [1.807, 2.05) is 9.80 Å². The van der Waals surface area contributed by atoms with Crippen LogP contribution in [0.15, 0.2) is 12.3 Å². The van der Waals surface area contributed by atoms with Crippen LogP contribution in [0.3, 0.4) is 0 Å². The van der Waals surface area contributed by atoms with Crippen LogP contribution >= 0.6 is 0 Å². The van der Waals surface area contributed by atoms with Crippen LogP contribution in [0.5, 0.6) is 0 Å². The first-order chi connectivity index (χ1) is 10.0. The molecule has 1 N–H and O–H groups in total. The van der Waals surface area contributed by atoms with Crippen molar-refractivity contribution < 1.29 is 19.4 Å². The van der Waals surface area contributed by atoms with Gasteiger partial charge in [-0.15, -0.1) is 0 Å². The topological polar surface area (TPSA) is 95.9 Å². The normalized spacial score (nSPS) is 17.3. The third-order valence-corrected chi connectivity index (χ3v) is 3.55. The van der Waals surface area contributed by atoms with Crippen molar-refractivity contribution in [3.8, 4) is 0 Å². The van der Waals surface area contributed by atoms with Crippen LogP contribution in [0.25, 0.3) is 0 Å². The minimum absolute atomic E-state index is 0.0244. The van der Waals surface area contributed by atoms with E-state index in [4.69, 9.17) is 5.11 Å². The SMILES string of the molecule is COC(=O)c1nccc(N2CCN(C(C)C(=O)O)CC2)n1. The summed E-state index contributed by atoms with van der Waals surface area (Å²) in [6.07, 6.45) is 1.51. The Morgan fingerprint density at radius 3 is 2.57 bits per heavy atom. The predicted octanol–water partition coefficient (Wildman–Crippen LogP) is -0.142. The van der Waals surface area contributed by atoms with Crippen LogP contribution in [0, 0.1) is 0 Å². The van der Waals surface area contributed by atoms with Crippen LogP contribution in [0.1, 0.15) is 17.5 Å². The maximum Gasteiger partial charge on any atom is 0.376 e. The van der Waals surface area contributed by atoms with Crippen LogP contribution in [-0.4, -0.2) is 71.2 Å². The Labute approximate surface area is 122 Å². The van der Waals surface area contributed by atoms with Gasteiger partial charge in [-0.25, -0.2) is 14.8 Å². The number of carboxylic acid groups (broad SMARTS) is 1. The monoisotopic (exact) mass is 294 g/mol. The third-order valence-electron chi connectivity index (χ3n) is 3.55. The number of anilines is 1. The molecular weight excluding hydrogens is 276 g/mol. The van der Waals surface area contributed by atoms with Crippen molar-refractivity contribution in [3.63, 3.8) is 0 Å². The number of hydrogen-bond donors (Lipinski definition) is 1. The molecule has 21 heavy (non-hydrogen) atoms. The van der Waals surface area contributed by atoms with Crippen molar-refractivity contribution in [1.29, 1.82) is 0 Å². The van der Waals surface area contributed by atoms with Crippen molar-refractivity contribution >= 4 is 17.8 Å². The highest BCUT2D eigenvalue weighted by molar-refractivity contribution is 5.85. The molecule has 0 amide bonds. The maximum absolute atomic E-state index is 11.4. The molecule has 0 bridgehead atoms. The van der Waals surface area contributed by atoms with Gasteiger partial charge in [0, 0.05) is 32.4 Å². The number of piperazine rings is 1. The lowest BCUT2D eigenvalue weighted by Gasteiger charge is -2.37. The fourth-order valence-electron chi connectivity index (χ4n) is 2.21. The Morgan fingerprint density at radius 1 is 1.33 bits per heavy atom. The van der Waals surface area contributed by atoms with Crippen LogP contribution in [0.2, 0.25) is 0 Å². The lowest BCUT2D eigenvalue weighted by atomic mass is 10.2. The van der Waals surface area contributed by atoms with Crippen molar-refractivity contribution in [2.75, 3.05) is 38.2 Å². The molecule has 0 aromatic carbocycles. The zero-order valence-corrected chi connectivity index (χ0v) is 12.0. The Morgan fingerprint density at radius 2 is 2.00 bits per heavy atom. The summed E-state index contributed by atoms with van der Waals surface area (Å²) in [4.78, 5) is 34.4. The lowest BCUT2D eigenvalue weighted by Crippen LogP contribution is -2.52. The van der Waals surface area contributed by atoms with Gasteiger partial charge in [0.05, 0.1) is 7.11 Å². The summed E-state index contributed by atoms with van der Waals surface area (Å²) in [7, 11) is 1.28. The standard InChI is InChI=1S/C13H18N4O4/c1-9(12(18)19)16-5-7-17(8-6-16)10-3-4-14-11(15-10)13(20)21-2/h3-4,9H,5-8H2,1-2H3,(H,18,19). The average molecular weight is 294 g/mol. The summed E-state index contributed by atoms with van der Waals surface area (Å²) in [5.41, 5.74) is 0. The molecule has 1 aromatic heterocycles. The van der Waals surface area contributed by atoms with Crippen LogP contribution in [0.4, 0.5) is 5.82 Å². The summed E-state index contributed by atoms with van der Waals surface area (Å²) < 4.78 is 4.60. The zero-order chi connectivity index (χ0) is 15.4. The number of esters is 1. The van der Waals surface area contributed by atoms with E-state index in [0.29, 0.717) is 32.0 Å². The fraction of sp³-hybridized carbons (Fsp3) is 0.538. The summed E-state index contributed by atoms with van der Waals surface area (Å²) in [5, 5.41) is 9.01. The third kappa shape index (κ3) is 3.46. The Hall–Kier alpha value is -2.22. The quantitative estimate of drug-likeness (QED) is 0.766. The summed E-state index contributed by atoms with van der Waals surface area (Å²) in [6.45, 7) is 4.23. The molecule has 1 atom stereocenters. The number of carboxylic acids is 1. The molecule has 1 unspecified atom stereocenters. The van der Waals surface area contributed by atoms with Crippen molar-refractivity contribution in [2.45, 2.75) is 13.0 Å². The minimum Gasteiger partial charge on any atom is -0.480 e. The average Bonchev–Trinajstić information content (AvgIpc) is 2.53. The van der Waals surface area contributed by atoms with Crippen LogP contribution in [-0.2, 0) is 9.53 Å². The summed E-state index contributed by atoms with van der Waals surface area (Å²) in [5.74, 6) is -0.724. The molecule has 0 saturated carbocycles.